The van der Waals surface area contributed by atoms with E-state index in [1.54, 1.807) is 42.5 Å². The predicted octanol–water partition coefficient (Wildman–Crippen LogP) is 6.17. The maximum absolute atomic E-state index is 13.3. The molecular weight excluding hydrogens is 604 g/mol. The average Bonchev–Trinajstić information content (AvgIpc) is 3.03. The second-order valence-electron chi connectivity index (χ2n) is 9.37. The van der Waals surface area contributed by atoms with Gasteiger partial charge in [0.15, 0.2) is 11.5 Å². The normalized spacial score (nSPS) is 10.9. The molecule has 12 heteroatoms. The van der Waals surface area contributed by atoms with Crippen LogP contribution in [0.2, 0.25) is 0 Å². The molecule has 0 heterocycles. The first-order valence-corrected chi connectivity index (χ1v) is 15.2. The van der Waals surface area contributed by atoms with Gasteiger partial charge in [-0.2, -0.15) is 13.3 Å². The Bertz CT molecular complexity index is 1770. The zero-order valence-corrected chi connectivity index (χ0v) is 26.1. The van der Waals surface area contributed by atoms with E-state index in [1.165, 1.54) is 34.5 Å². The highest BCUT2D eigenvalue weighted by Gasteiger charge is 2.28. The summed E-state index contributed by atoms with van der Waals surface area (Å²) in [6.45, 7) is 3.77. The summed E-state index contributed by atoms with van der Waals surface area (Å²) in [6, 6.07) is 22.5. The molecule has 45 heavy (non-hydrogen) atoms. The first-order chi connectivity index (χ1) is 21.6. The van der Waals surface area contributed by atoms with Crippen LogP contribution in [0.25, 0.3) is 22.3 Å². The van der Waals surface area contributed by atoms with E-state index >= 15 is 0 Å². The molecule has 0 atom stereocenters. The average molecular weight is 637 g/mol. The molecule has 0 N–H and O–H groups in total. The fourth-order valence-electron chi connectivity index (χ4n) is 4.50. The molecule has 4 aromatic carbocycles. The molecule has 0 aromatic heterocycles. The SMILES string of the molecule is C=C(OOC)Oc1ccc(-c2c(OC)cc(-c3ccc(OCc4ccccc4)c(OS(C)(=O)=O)c3)c(OC)c2C(=O)OC)cc1. The first kappa shape index (κ1) is 32.7. The van der Waals surface area contributed by atoms with Crippen molar-refractivity contribution in [2.24, 2.45) is 0 Å². The molecule has 0 aliphatic heterocycles. The second-order valence-corrected chi connectivity index (χ2v) is 10.9. The highest BCUT2D eigenvalue weighted by molar-refractivity contribution is 7.86. The standard InChI is InChI=1S/C33H32O11S/c1-21(43-40-5)42-25-15-12-23(13-16-25)30-29(37-2)19-26(32(38-3)31(30)33(34)39-4)24-14-17-27(28(18-24)44-45(6,35)36)41-20-22-10-8-7-9-11-22/h7-19H,1,20H2,2-6H3. The summed E-state index contributed by atoms with van der Waals surface area (Å²) >= 11 is 0. The van der Waals surface area contributed by atoms with Crippen molar-refractivity contribution in [3.63, 3.8) is 0 Å². The van der Waals surface area contributed by atoms with Gasteiger partial charge >= 0.3 is 22.0 Å². The van der Waals surface area contributed by atoms with Crippen LogP contribution in [0.1, 0.15) is 15.9 Å². The number of carbonyl (C=O) groups is 1. The number of esters is 1. The van der Waals surface area contributed by atoms with Crippen molar-refractivity contribution >= 4 is 16.1 Å². The fourth-order valence-corrected chi connectivity index (χ4v) is 4.96. The van der Waals surface area contributed by atoms with Gasteiger partial charge in [-0.25, -0.2) is 4.79 Å². The Morgan fingerprint density at radius 2 is 1.49 bits per heavy atom. The molecule has 11 nitrogen and oxygen atoms in total. The lowest BCUT2D eigenvalue weighted by molar-refractivity contribution is -0.260. The number of ether oxygens (including phenoxy) is 5. The summed E-state index contributed by atoms with van der Waals surface area (Å²) < 4.78 is 57.7. The molecule has 236 valence electrons. The van der Waals surface area contributed by atoms with Crippen molar-refractivity contribution in [2.75, 3.05) is 34.7 Å². The molecule has 0 spiro atoms. The number of methoxy groups -OCH3 is 3. The second kappa shape index (κ2) is 14.5. The molecule has 0 aliphatic carbocycles. The van der Waals surface area contributed by atoms with Gasteiger partial charge in [0.2, 0.25) is 0 Å². The minimum absolute atomic E-state index is 0.0507. The van der Waals surface area contributed by atoms with Crippen LogP contribution in [-0.2, 0) is 31.2 Å². The number of hydrogen-bond acceptors (Lipinski definition) is 11. The quantitative estimate of drug-likeness (QED) is 0.0519. The van der Waals surface area contributed by atoms with Crippen LogP contribution in [0.4, 0.5) is 0 Å². The van der Waals surface area contributed by atoms with Gasteiger partial charge < -0.3 is 27.9 Å². The minimum Gasteiger partial charge on any atom is -0.496 e. The third kappa shape index (κ3) is 8.05. The number of benzene rings is 4. The molecule has 4 rings (SSSR count). The van der Waals surface area contributed by atoms with E-state index in [0.717, 1.165) is 11.8 Å². The lowest BCUT2D eigenvalue weighted by atomic mass is 9.92. The Hall–Kier alpha value is -5.20. The predicted molar refractivity (Wildman–Crippen MR) is 166 cm³/mol. The van der Waals surface area contributed by atoms with E-state index in [4.69, 9.17) is 32.8 Å². The van der Waals surface area contributed by atoms with Gasteiger partial charge in [0.25, 0.3) is 0 Å². The van der Waals surface area contributed by atoms with E-state index in [0.29, 0.717) is 33.8 Å². The summed E-state index contributed by atoms with van der Waals surface area (Å²) in [6.07, 6.45) is 0.936. The largest absolute Gasteiger partial charge is 0.496 e. The van der Waals surface area contributed by atoms with Crippen LogP contribution < -0.4 is 23.1 Å². The summed E-state index contributed by atoms with van der Waals surface area (Å²) in [7, 11) is 1.50. The van der Waals surface area contributed by atoms with Gasteiger partial charge in [-0.15, -0.1) is 0 Å². The van der Waals surface area contributed by atoms with E-state index in [2.05, 4.69) is 11.5 Å². The number of rotatable bonds is 14. The highest BCUT2D eigenvalue weighted by atomic mass is 32.2. The summed E-state index contributed by atoms with van der Waals surface area (Å²) in [4.78, 5) is 22.6. The van der Waals surface area contributed by atoms with Crippen LogP contribution in [0.15, 0.2) is 91.4 Å². The van der Waals surface area contributed by atoms with Crippen molar-refractivity contribution in [3.8, 4) is 51.0 Å². The molecule has 0 unspecified atom stereocenters. The number of carbonyl (C=O) groups excluding carboxylic acids is 1. The van der Waals surface area contributed by atoms with E-state index in [1.807, 2.05) is 30.3 Å². The molecule has 0 saturated carbocycles. The van der Waals surface area contributed by atoms with Crippen molar-refractivity contribution in [1.29, 1.82) is 0 Å². The van der Waals surface area contributed by atoms with E-state index in [-0.39, 0.29) is 35.4 Å². The van der Waals surface area contributed by atoms with Gasteiger partial charge in [-0.1, -0.05) is 48.5 Å². The Balaban J connectivity index is 1.84. The van der Waals surface area contributed by atoms with Gasteiger partial charge in [0, 0.05) is 11.1 Å². The Kier molecular flexibility index (Phi) is 10.6. The summed E-state index contributed by atoms with van der Waals surface area (Å²) in [5.74, 6) is 0.246. The smallest absolute Gasteiger partial charge is 0.342 e. The molecule has 4 aromatic rings. The number of hydrogen-bond donors (Lipinski definition) is 0. The fraction of sp³-hybridized carbons (Fsp3) is 0.182. The van der Waals surface area contributed by atoms with Crippen LogP contribution in [0.5, 0.6) is 28.7 Å². The third-order valence-electron chi connectivity index (χ3n) is 6.34. The molecule has 0 saturated heterocycles. The highest BCUT2D eigenvalue weighted by Crippen LogP contribution is 2.47. The zero-order chi connectivity index (χ0) is 32.6. The van der Waals surface area contributed by atoms with Crippen LogP contribution >= 0.6 is 0 Å². The van der Waals surface area contributed by atoms with Crippen molar-refractivity contribution in [1.82, 2.24) is 0 Å². The first-order valence-electron chi connectivity index (χ1n) is 13.3. The van der Waals surface area contributed by atoms with Gasteiger partial charge in [-0.05, 0) is 53.6 Å². The Labute approximate surface area is 261 Å². The van der Waals surface area contributed by atoms with E-state index < -0.39 is 16.1 Å². The molecule has 0 amide bonds. The van der Waals surface area contributed by atoms with Gasteiger partial charge in [0.05, 0.1) is 34.7 Å². The third-order valence-corrected chi connectivity index (χ3v) is 6.82. The van der Waals surface area contributed by atoms with Gasteiger partial charge in [0.1, 0.15) is 29.4 Å². The minimum atomic E-state index is -3.93. The maximum Gasteiger partial charge on any atom is 0.342 e. The van der Waals surface area contributed by atoms with Crippen LogP contribution in [0, 0.1) is 0 Å². The van der Waals surface area contributed by atoms with Crippen LogP contribution in [-0.4, -0.2) is 49.1 Å². The Morgan fingerprint density at radius 3 is 2.09 bits per heavy atom. The molecule has 0 radical (unpaired) electrons. The van der Waals surface area contributed by atoms with Crippen molar-refractivity contribution < 1.29 is 50.9 Å². The zero-order valence-electron chi connectivity index (χ0n) is 25.3. The summed E-state index contributed by atoms with van der Waals surface area (Å²) in [5, 5.41) is 0. The maximum atomic E-state index is 13.3. The van der Waals surface area contributed by atoms with Crippen molar-refractivity contribution in [3.05, 3.63) is 103 Å². The topological polar surface area (TPSA) is 125 Å². The lowest BCUT2D eigenvalue weighted by Crippen LogP contribution is -2.10. The van der Waals surface area contributed by atoms with Gasteiger partial charge in [-0.3, -0.25) is 4.89 Å². The van der Waals surface area contributed by atoms with Crippen molar-refractivity contribution in [2.45, 2.75) is 6.61 Å². The Morgan fingerprint density at radius 1 is 0.800 bits per heavy atom. The van der Waals surface area contributed by atoms with Crippen LogP contribution in [0.3, 0.4) is 0 Å². The lowest BCUT2D eigenvalue weighted by Gasteiger charge is -2.21. The molecule has 0 bridgehead atoms. The monoisotopic (exact) mass is 636 g/mol. The summed E-state index contributed by atoms with van der Waals surface area (Å²) in [5.41, 5.74) is 2.77. The molecule has 0 fully saturated rings. The van der Waals surface area contributed by atoms with E-state index in [9.17, 15) is 13.2 Å². The molecular formula is C33H32O11S. The molecule has 0 aliphatic rings.